The Morgan fingerprint density at radius 1 is 1.03 bits per heavy atom. The van der Waals surface area contributed by atoms with E-state index < -0.39 is 18.0 Å². The molecule has 0 saturated heterocycles. The molecule has 1 atom stereocenters. The van der Waals surface area contributed by atoms with Crippen LogP contribution in [0.25, 0.3) is 0 Å². The van der Waals surface area contributed by atoms with E-state index in [2.05, 4.69) is 43.3 Å². The Kier molecular flexibility index (Phi) is 8.19. The lowest BCUT2D eigenvalue weighted by atomic mass is 9.93. The van der Waals surface area contributed by atoms with E-state index in [0.29, 0.717) is 6.42 Å². The Balaban J connectivity index is 2.23. The van der Waals surface area contributed by atoms with Crippen molar-refractivity contribution in [3.63, 3.8) is 0 Å². The fraction of sp³-hybridized carbons (Fsp3) is 0.435. The summed E-state index contributed by atoms with van der Waals surface area (Å²) in [5.74, 6) is 0.0354. The van der Waals surface area contributed by atoms with Gasteiger partial charge in [0.05, 0.1) is 6.61 Å². The predicted octanol–water partition coefficient (Wildman–Crippen LogP) is 4.62. The summed E-state index contributed by atoms with van der Waals surface area (Å²) in [5, 5.41) is 5.76. The number of anilines is 1. The van der Waals surface area contributed by atoms with Gasteiger partial charge in [-0.1, -0.05) is 52.0 Å². The fourth-order valence-corrected chi connectivity index (χ4v) is 3.19. The van der Waals surface area contributed by atoms with Gasteiger partial charge < -0.3 is 15.4 Å². The van der Waals surface area contributed by atoms with Gasteiger partial charge in [-0.3, -0.25) is 4.98 Å². The zero-order valence-electron chi connectivity index (χ0n) is 17.9. The van der Waals surface area contributed by atoms with Crippen LogP contribution in [0.3, 0.4) is 0 Å². The molecular weight excluding hydrogens is 366 g/mol. The van der Waals surface area contributed by atoms with Crippen molar-refractivity contribution in [2.75, 3.05) is 11.9 Å². The maximum atomic E-state index is 12.8. The fourth-order valence-electron chi connectivity index (χ4n) is 3.19. The molecule has 0 saturated carbocycles. The summed E-state index contributed by atoms with van der Waals surface area (Å²) >= 11 is 0. The van der Waals surface area contributed by atoms with Gasteiger partial charge in [-0.2, -0.15) is 0 Å². The number of ether oxygens (including phenoxy) is 1. The molecule has 6 nitrogen and oxygen atoms in total. The molecule has 0 bridgehead atoms. The van der Waals surface area contributed by atoms with Gasteiger partial charge in [-0.25, -0.2) is 9.59 Å². The molecule has 29 heavy (non-hydrogen) atoms. The number of carbonyl (C=O) groups excluding carboxylic acids is 2. The quantitative estimate of drug-likeness (QED) is 0.637. The molecule has 2 N–H and O–H groups in total. The van der Waals surface area contributed by atoms with Crippen molar-refractivity contribution < 1.29 is 14.3 Å². The summed E-state index contributed by atoms with van der Waals surface area (Å²) in [6.07, 6.45) is 3.65. The number of pyridine rings is 1. The molecule has 1 aromatic carbocycles. The molecule has 6 heteroatoms. The van der Waals surface area contributed by atoms with E-state index in [-0.39, 0.29) is 18.4 Å². The molecule has 1 aromatic heterocycles. The van der Waals surface area contributed by atoms with Gasteiger partial charge in [0.1, 0.15) is 6.04 Å². The van der Waals surface area contributed by atoms with Crippen molar-refractivity contribution in [2.24, 2.45) is 0 Å². The number of para-hydroxylation sites is 1. The second-order valence-corrected chi connectivity index (χ2v) is 7.59. The van der Waals surface area contributed by atoms with Gasteiger partial charge in [0.25, 0.3) is 0 Å². The van der Waals surface area contributed by atoms with Crippen LogP contribution < -0.4 is 10.6 Å². The number of nitrogens with zero attached hydrogens (tertiary/aromatic N) is 1. The Morgan fingerprint density at radius 3 is 2.21 bits per heavy atom. The van der Waals surface area contributed by atoms with Crippen LogP contribution in [0.2, 0.25) is 0 Å². The Bertz CT molecular complexity index is 793. The van der Waals surface area contributed by atoms with Gasteiger partial charge >= 0.3 is 12.0 Å². The third kappa shape index (κ3) is 6.31. The minimum absolute atomic E-state index is 0.249. The largest absolute Gasteiger partial charge is 0.464 e. The van der Waals surface area contributed by atoms with Gasteiger partial charge in [0.15, 0.2) is 0 Å². The average Bonchev–Trinajstić information content (AvgIpc) is 2.68. The van der Waals surface area contributed by atoms with Gasteiger partial charge in [0, 0.05) is 24.5 Å². The number of hydrogen-bond donors (Lipinski definition) is 2. The molecule has 2 amide bonds. The number of aromatic nitrogens is 1. The molecular formula is C23H31N3O3. The Labute approximate surface area is 173 Å². The van der Waals surface area contributed by atoms with E-state index >= 15 is 0 Å². The highest BCUT2D eigenvalue weighted by Gasteiger charge is 2.24. The second-order valence-electron chi connectivity index (χ2n) is 7.59. The predicted molar refractivity (Wildman–Crippen MR) is 115 cm³/mol. The van der Waals surface area contributed by atoms with Gasteiger partial charge in [-0.05, 0) is 41.5 Å². The molecule has 1 heterocycles. The van der Waals surface area contributed by atoms with Crippen LogP contribution in [0.15, 0.2) is 42.7 Å². The molecule has 2 rings (SSSR count). The summed E-state index contributed by atoms with van der Waals surface area (Å²) in [7, 11) is 0. The molecule has 0 aliphatic rings. The van der Waals surface area contributed by atoms with Gasteiger partial charge in [-0.15, -0.1) is 0 Å². The first-order chi connectivity index (χ1) is 13.8. The normalized spacial score (nSPS) is 12.0. The number of amides is 2. The summed E-state index contributed by atoms with van der Waals surface area (Å²) in [5.41, 5.74) is 3.77. The molecule has 0 aliphatic heterocycles. The highest BCUT2D eigenvalue weighted by Crippen LogP contribution is 2.32. The summed E-state index contributed by atoms with van der Waals surface area (Å²) in [6, 6.07) is 8.48. The highest BCUT2D eigenvalue weighted by molar-refractivity contribution is 5.94. The Morgan fingerprint density at radius 2 is 1.69 bits per heavy atom. The minimum Gasteiger partial charge on any atom is -0.464 e. The monoisotopic (exact) mass is 397 g/mol. The molecule has 0 radical (unpaired) electrons. The van der Waals surface area contributed by atoms with Crippen LogP contribution in [-0.4, -0.2) is 29.6 Å². The molecule has 0 fully saturated rings. The van der Waals surface area contributed by atoms with E-state index in [1.54, 1.807) is 25.4 Å². The zero-order chi connectivity index (χ0) is 21.4. The maximum Gasteiger partial charge on any atom is 0.329 e. The number of carbonyl (C=O) groups is 2. The lowest BCUT2D eigenvalue weighted by Crippen LogP contribution is -2.45. The first-order valence-corrected chi connectivity index (χ1v) is 10.1. The Hall–Kier alpha value is -2.89. The standard InChI is InChI=1S/C23H31N3O3/c1-6-29-22(27)20(13-17-9-8-12-24-14-17)25-23(28)26-21-18(15(2)3)10-7-11-19(21)16(4)5/h7-12,14-16,20H,6,13H2,1-5H3,(H2,25,26,28)/t20-/m1/s1. The maximum absolute atomic E-state index is 12.8. The molecule has 2 aromatic rings. The van der Waals surface area contributed by atoms with E-state index in [9.17, 15) is 9.59 Å². The zero-order valence-corrected chi connectivity index (χ0v) is 17.9. The molecule has 0 unspecified atom stereocenters. The summed E-state index contributed by atoms with van der Waals surface area (Å²) < 4.78 is 5.15. The van der Waals surface area contributed by atoms with Crippen LogP contribution in [-0.2, 0) is 16.0 Å². The van der Waals surface area contributed by atoms with E-state index in [1.165, 1.54) is 0 Å². The van der Waals surface area contributed by atoms with Crippen molar-refractivity contribution >= 4 is 17.7 Å². The SMILES string of the molecule is CCOC(=O)[C@@H](Cc1cccnc1)NC(=O)Nc1c(C(C)C)cccc1C(C)C. The van der Waals surface area contributed by atoms with Crippen LogP contribution in [0.4, 0.5) is 10.5 Å². The average molecular weight is 398 g/mol. The third-order valence-corrected chi connectivity index (χ3v) is 4.65. The molecule has 156 valence electrons. The highest BCUT2D eigenvalue weighted by atomic mass is 16.5. The molecule has 0 spiro atoms. The van der Waals surface area contributed by atoms with Crippen molar-refractivity contribution in [1.82, 2.24) is 10.3 Å². The van der Waals surface area contributed by atoms with Crippen molar-refractivity contribution in [3.8, 4) is 0 Å². The summed E-state index contributed by atoms with van der Waals surface area (Å²) in [4.78, 5) is 29.3. The number of benzene rings is 1. The molecule has 0 aliphatic carbocycles. The van der Waals surface area contributed by atoms with Gasteiger partial charge in [0.2, 0.25) is 0 Å². The number of hydrogen-bond acceptors (Lipinski definition) is 4. The number of esters is 1. The first-order valence-electron chi connectivity index (χ1n) is 10.1. The lowest BCUT2D eigenvalue weighted by molar-refractivity contribution is -0.145. The van der Waals surface area contributed by atoms with E-state index in [1.807, 2.05) is 24.3 Å². The number of urea groups is 1. The topological polar surface area (TPSA) is 80.3 Å². The van der Waals surface area contributed by atoms with Crippen LogP contribution in [0.5, 0.6) is 0 Å². The van der Waals surface area contributed by atoms with Crippen LogP contribution in [0.1, 0.15) is 63.1 Å². The summed E-state index contributed by atoms with van der Waals surface area (Å²) in [6.45, 7) is 10.4. The second kappa shape index (κ2) is 10.6. The van der Waals surface area contributed by atoms with E-state index in [0.717, 1.165) is 22.4 Å². The minimum atomic E-state index is -0.798. The first kappa shape index (κ1) is 22.4. The van der Waals surface area contributed by atoms with Crippen molar-refractivity contribution in [1.29, 1.82) is 0 Å². The van der Waals surface area contributed by atoms with E-state index in [4.69, 9.17) is 4.74 Å². The van der Waals surface area contributed by atoms with Crippen molar-refractivity contribution in [3.05, 3.63) is 59.4 Å². The smallest absolute Gasteiger partial charge is 0.329 e. The number of rotatable bonds is 8. The van der Waals surface area contributed by atoms with Crippen LogP contribution >= 0.6 is 0 Å². The van der Waals surface area contributed by atoms with Crippen molar-refractivity contribution in [2.45, 2.75) is 58.9 Å². The van der Waals surface area contributed by atoms with Crippen LogP contribution in [0, 0.1) is 0 Å². The lowest BCUT2D eigenvalue weighted by Gasteiger charge is -2.22. The third-order valence-electron chi connectivity index (χ3n) is 4.65. The number of nitrogens with one attached hydrogen (secondary N) is 2.